The fourth-order valence-electron chi connectivity index (χ4n) is 2.38. The van der Waals surface area contributed by atoms with Crippen LogP contribution in [0.2, 0.25) is 0 Å². The first-order chi connectivity index (χ1) is 9.02. The predicted octanol–water partition coefficient (Wildman–Crippen LogP) is 3.02. The molecule has 1 heterocycles. The molecule has 0 amide bonds. The number of fused-ring (bicyclic) bond motifs is 1. The van der Waals surface area contributed by atoms with Crippen molar-refractivity contribution < 1.29 is 9.47 Å². The van der Waals surface area contributed by atoms with Crippen LogP contribution in [0.25, 0.3) is 0 Å². The average molecular weight is 263 g/mol. The Balaban J connectivity index is 1.98. The lowest BCUT2D eigenvalue weighted by molar-refractivity contribution is 0.130. The van der Waals surface area contributed by atoms with E-state index in [1.54, 1.807) is 0 Å². The summed E-state index contributed by atoms with van der Waals surface area (Å²) in [6.45, 7) is 11.2. The van der Waals surface area contributed by atoms with Crippen molar-refractivity contribution in [2.24, 2.45) is 5.92 Å². The zero-order valence-corrected chi connectivity index (χ0v) is 12.5. The molecule has 19 heavy (non-hydrogen) atoms. The highest BCUT2D eigenvalue weighted by Crippen LogP contribution is 2.41. The first kappa shape index (κ1) is 14.2. The van der Waals surface area contributed by atoms with E-state index in [1.165, 1.54) is 5.56 Å². The van der Waals surface area contributed by atoms with Crippen molar-refractivity contribution in [2.75, 3.05) is 19.7 Å². The molecular formula is C16H25NO2. The zero-order chi connectivity index (χ0) is 13.9. The van der Waals surface area contributed by atoms with Gasteiger partial charge in [-0.25, -0.2) is 0 Å². The smallest absolute Gasteiger partial charge is 0.165 e. The van der Waals surface area contributed by atoms with E-state index in [2.05, 4.69) is 39.1 Å². The molecule has 106 valence electrons. The van der Waals surface area contributed by atoms with Gasteiger partial charge in [0.05, 0.1) is 6.61 Å². The quantitative estimate of drug-likeness (QED) is 0.855. The Kier molecular flexibility index (Phi) is 4.35. The van der Waals surface area contributed by atoms with Gasteiger partial charge in [-0.2, -0.15) is 0 Å². The summed E-state index contributed by atoms with van der Waals surface area (Å²) in [5, 5.41) is 3.34. The molecule has 1 atom stereocenters. The molecular weight excluding hydrogens is 238 g/mol. The standard InChI is InChI=1S/C16H25NO2/c1-5-17-10-12(2)11-18-14-8-6-7-13-9-16(3,4)19-15(13)14/h6-8,12,17H,5,9-11H2,1-4H3. The fourth-order valence-corrected chi connectivity index (χ4v) is 2.38. The first-order valence-electron chi connectivity index (χ1n) is 7.16. The van der Waals surface area contributed by atoms with Crippen LogP contribution in [0.15, 0.2) is 18.2 Å². The Hall–Kier alpha value is -1.22. The molecule has 1 aliphatic heterocycles. The van der Waals surface area contributed by atoms with E-state index in [1.807, 2.05) is 12.1 Å². The Morgan fingerprint density at radius 1 is 1.42 bits per heavy atom. The topological polar surface area (TPSA) is 30.5 Å². The lowest BCUT2D eigenvalue weighted by Crippen LogP contribution is -2.25. The summed E-state index contributed by atoms with van der Waals surface area (Å²) in [6, 6.07) is 6.17. The van der Waals surface area contributed by atoms with Crippen molar-refractivity contribution in [1.82, 2.24) is 5.32 Å². The number of para-hydroxylation sites is 1. The number of hydrogen-bond acceptors (Lipinski definition) is 3. The fraction of sp³-hybridized carbons (Fsp3) is 0.625. The van der Waals surface area contributed by atoms with Crippen LogP contribution in [0.4, 0.5) is 0 Å². The van der Waals surface area contributed by atoms with E-state index >= 15 is 0 Å². The van der Waals surface area contributed by atoms with Crippen LogP contribution < -0.4 is 14.8 Å². The normalized spacial score (nSPS) is 17.7. The molecule has 3 nitrogen and oxygen atoms in total. The Labute approximate surface area is 116 Å². The van der Waals surface area contributed by atoms with Gasteiger partial charge in [0.25, 0.3) is 0 Å². The number of ether oxygens (including phenoxy) is 2. The van der Waals surface area contributed by atoms with Crippen LogP contribution in [0, 0.1) is 5.92 Å². The summed E-state index contributed by atoms with van der Waals surface area (Å²) in [5.74, 6) is 2.31. The third-order valence-electron chi connectivity index (χ3n) is 3.32. The first-order valence-corrected chi connectivity index (χ1v) is 7.16. The summed E-state index contributed by atoms with van der Waals surface area (Å²) in [5.41, 5.74) is 1.14. The molecule has 1 aromatic rings. The van der Waals surface area contributed by atoms with Crippen LogP contribution in [0.5, 0.6) is 11.5 Å². The third kappa shape index (κ3) is 3.63. The predicted molar refractivity (Wildman–Crippen MR) is 78.1 cm³/mol. The minimum Gasteiger partial charge on any atom is -0.489 e. The lowest BCUT2D eigenvalue weighted by atomic mass is 10.0. The maximum Gasteiger partial charge on any atom is 0.165 e. The number of hydrogen-bond donors (Lipinski definition) is 1. The molecule has 0 bridgehead atoms. The van der Waals surface area contributed by atoms with Crippen LogP contribution >= 0.6 is 0 Å². The molecule has 1 N–H and O–H groups in total. The van der Waals surface area contributed by atoms with Gasteiger partial charge in [0.2, 0.25) is 0 Å². The van der Waals surface area contributed by atoms with Gasteiger partial charge in [0.15, 0.2) is 11.5 Å². The minimum absolute atomic E-state index is 0.114. The Morgan fingerprint density at radius 2 is 2.21 bits per heavy atom. The molecule has 0 saturated carbocycles. The van der Waals surface area contributed by atoms with Crippen molar-refractivity contribution in [3.05, 3.63) is 23.8 Å². The van der Waals surface area contributed by atoms with Crippen molar-refractivity contribution in [2.45, 2.75) is 39.7 Å². The van der Waals surface area contributed by atoms with E-state index in [9.17, 15) is 0 Å². The largest absolute Gasteiger partial charge is 0.489 e. The van der Waals surface area contributed by atoms with E-state index in [0.717, 1.165) is 31.0 Å². The molecule has 0 fully saturated rings. The molecule has 1 unspecified atom stereocenters. The van der Waals surface area contributed by atoms with Gasteiger partial charge >= 0.3 is 0 Å². The number of benzene rings is 1. The molecule has 1 aromatic carbocycles. The zero-order valence-electron chi connectivity index (χ0n) is 12.5. The molecule has 0 aliphatic carbocycles. The van der Waals surface area contributed by atoms with Gasteiger partial charge in [0.1, 0.15) is 5.60 Å². The van der Waals surface area contributed by atoms with Crippen molar-refractivity contribution in [3.63, 3.8) is 0 Å². The molecule has 3 heteroatoms. The summed E-state index contributed by atoms with van der Waals surface area (Å²) in [4.78, 5) is 0. The van der Waals surface area contributed by atoms with Gasteiger partial charge in [-0.1, -0.05) is 26.0 Å². The number of nitrogens with one attached hydrogen (secondary N) is 1. The van der Waals surface area contributed by atoms with Crippen molar-refractivity contribution >= 4 is 0 Å². The van der Waals surface area contributed by atoms with Gasteiger partial charge in [-0.3, -0.25) is 0 Å². The van der Waals surface area contributed by atoms with E-state index in [0.29, 0.717) is 12.5 Å². The van der Waals surface area contributed by atoms with E-state index < -0.39 is 0 Å². The van der Waals surface area contributed by atoms with E-state index in [4.69, 9.17) is 9.47 Å². The molecule has 0 radical (unpaired) electrons. The van der Waals surface area contributed by atoms with Gasteiger partial charge in [-0.15, -0.1) is 0 Å². The van der Waals surface area contributed by atoms with Crippen LogP contribution in [0.1, 0.15) is 33.3 Å². The average Bonchev–Trinajstić information content (AvgIpc) is 2.68. The second-order valence-electron chi connectivity index (χ2n) is 6.01. The molecule has 2 rings (SSSR count). The highest BCUT2D eigenvalue weighted by molar-refractivity contribution is 5.50. The second kappa shape index (κ2) is 5.83. The van der Waals surface area contributed by atoms with Gasteiger partial charge in [-0.05, 0) is 26.5 Å². The van der Waals surface area contributed by atoms with Gasteiger partial charge < -0.3 is 14.8 Å². The highest BCUT2D eigenvalue weighted by Gasteiger charge is 2.32. The minimum atomic E-state index is -0.114. The van der Waals surface area contributed by atoms with Crippen LogP contribution in [0.3, 0.4) is 0 Å². The van der Waals surface area contributed by atoms with Crippen molar-refractivity contribution in [3.8, 4) is 11.5 Å². The summed E-state index contributed by atoms with van der Waals surface area (Å²) >= 11 is 0. The molecule has 0 aromatic heterocycles. The summed E-state index contributed by atoms with van der Waals surface area (Å²) in [6.07, 6.45) is 0.951. The lowest BCUT2D eigenvalue weighted by Gasteiger charge is -2.19. The summed E-state index contributed by atoms with van der Waals surface area (Å²) in [7, 11) is 0. The highest BCUT2D eigenvalue weighted by atomic mass is 16.5. The molecule has 0 saturated heterocycles. The molecule has 1 aliphatic rings. The summed E-state index contributed by atoms with van der Waals surface area (Å²) < 4.78 is 11.9. The second-order valence-corrected chi connectivity index (χ2v) is 6.01. The Morgan fingerprint density at radius 3 is 2.95 bits per heavy atom. The maximum atomic E-state index is 6.00. The van der Waals surface area contributed by atoms with E-state index in [-0.39, 0.29) is 5.60 Å². The van der Waals surface area contributed by atoms with Crippen molar-refractivity contribution in [1.29, 1.82) is 0 Å². The molecule has 0 spiro atoms. The third-order valence-corrected chi connectivity index (χ3v) is 3.32. The maximum absolute atomic E-state index is 6.00. The SMILES string of the molecule is CCNCC(C)COc1cccc2c1OC(C)(C)C2. The Bertz CT molecular complexity index is 429. The van der Waals surface area contributed by atoms with Crippen LogP contribution in [-0.2, 0) is 6.42 Å². The van der Waals surface area contributed by atoms with Gasteiger partial charge in [0, 0.05) is 24.4 Å². The monoisotopic (exact) mass is 263 g/mol. The number of rotatable bonds is 6. The van der Waals surface area contributed by atoms with Crippen LogP contribution in [-0.4, -0.2) is 25.3 Å².